The van der Waals surface area contributed by atoms with E-state index in [0.717, 1.165) is 10.0 Å². The summed E-state index contributed by atoms with van der Waals surface area (Å²) >= 11 is 15.3. The quantitative estimate of drug-likeness (QED) is 0.702. The third kappa shape index (κ3) is 4.63. The molecule has 2 N–H and O–H groups in total. The Morgan fingerprint density at radius 1 is 1.14 bits per heavy atom. The lowest BCUT2D eigenvalue weighted by Crippen LogP contribution is -2.31. The number of benzene rings is 2. The Labute approximate surface area is 141 Å². The molecular formula is C15H13BrCl2N2O. The molecule has 0 heterocycles. The van der Waals surface area contributed by atoms with Crippen molar-refractivity contribution in [1.82, 2.24) is 5.32 Å². The van der Waals surface area contributed by atoms with Crippen molar-refractivity contribution < 1.29 is 4.79 Å². The maximum atomic E-state index is 12.0. The lowest BCUT2D eigenvalue weighted by atomic mass is 10.1. The Bertz CT molecular complexity index is 647. The zero-order valence-electron chi connectivity index (χ0n) is 11.2. The number of hydrogen-bond acceptors (Lipinski definition) is 1. The summed E-state index contributed by atoms with van der Waals surface area (Å²) in [5.41, 5.74) is 1.53. The molecule has 0 aliphatic carbocycles. The van der Waals surface area contributed by atoms with Gasteiger partial charge < -0.3 is 10.6 Å². The van der Waals surface area contributed by atoms with E-state index in [2.05, 4.69) is 26.6 Å². The van der Waals surface area contributed by atoms with E-state index < -0.39 is 0 Å². The molecule has 0 aliphatic heterocycles. The minimum Gasteiger partial charge on any atom is -0.331 e. The third-order valence-corrected chi connectivity index (χ3v) is 3.97. The molecule has 0 fully saturated rings. The highest BCUT2D eigenvalue weighted by atomic mass is 79.9. The lowest BCUT2D eigenvalue weighted by Gasteiger charge is -2.16. The molecule has 2 amide bonds. The van der Waals surface area contributed by atoms with Gasteiger partial charge in [0.2, 0.25) is 0 Å². The molecule has 6 heteroatoms. The van der Waals surface area contributed by atoms with Crippen molar-refractivity contribution >= 4 is 50.9 Å². The largest absolute Gasteiger partial charge is 0.331 e. The zero-order chi connectivity index (χ0) is 15.4. The van der Waals surface area contributed by atoms with Crippen LogP contribution in [-0.2, 0) is 0 Å². The number of carbonyl (C=O) groups is 1. The standard InChI is InChI=1S/C15H13BrCl2N2O/c1-9(13-7-4-11(17)8-14(13)18)19-15(21)20-12-5-2-10(16)3-6-12/h2-9H,1H3,(H2,19,20,21)/t9-/m0/s1. The van der Waals surface area contributed by atoms with E-state index >= 15 is 0 Å². The molecule has 0 saturated carbocycles. The van der Waals surface area contributed by atoms with Crippen molar-refractivity contribution in [3.63, 3.8) is 0 Å². The van der Waals surface area contributed by atoms with Crippen molar-refractivity contribution in [1.29, 1.82) is 0 Å². The summed E-state index contributed by atoms with van der Waals surface area (Å²) in [5, 5.41) is 6.68. The van der Waals surface area contributed by atoms with E-state index in [-0.39, 0.29) is 12.1 Å². The molecule has 1 atom stereocenters. The van der Waals surface area contributed by atoms with Crippen LogP contribution in [-0.4, -0.2) is 6.03 Å². The number of rotatable bonds is 3. The topological polar surface area (TPSA) is 41.1 Å². The fourth-order valence-corrected chi connectivity index (χ4v) is 2.66. The maximum absolute atomic E-state index is 12.0. The van der Waals surface area contributed by atoms with E-state index in [1.54, 1.807) is 18.2 Å². The lowest BCUT2D eigenvalue weighted by molar-refractivity contribution is 0.249. The summed E-state index contributed by atoms with van der Waals surface area (Å²) in [6.45, 7) is 1.86. The van der Waals surface area contributed by atoms with Gasteiger partial charge in [-0.1, -0.05) is 45.2 Å². The van der Waals surface area contributed by atoms with Gasteiger partial charge in [0.25, 0.3) is 0 Å². The first kappa shape index (κ1) is 16.1. The number of nitrogens with one attached hydrogen (secondary N) is 2. The molecule has 0 spiro atoms. The average molecular weight is 388 g/mol. The van der Waals surface area contributed by atoms with Crippen molar-refractivity contribution in [2.24, 2.45) is 0 Å². The van der Waals surface area contributed by atoms with Crippen molar-refractivity contribution in [3.8, 4) is 0 Å². The van der Waals surface area contributed by atoms with Crippen LogP contribution >= 0.6 is 39.1 Å². The summed E-state index contributed by atoms with van der Waals surface area (Å²) in [7, 11) is 0. The molecule has 2 aromatic rings. The van der Waals surface area contributed by atoms with Gasteiger partial charge in [0.15, 0.2) is 0 Å². The first-order valence-corrected chi connectivity index (χ1v) is 7.78. The second kappa shape index (κ2) is 7.16. The second-order valence-corrected chi connectivity index (χ2v) is 6.25. The van der Waals surface area contributed by atoms with Gasteiger partial charge in [0.1, 0.15) is 0 Å². The van der Waals surface area contributed by atoms with E-state index in [1.165, 1.54) is 0 Å². The van der Waals surface area contributed by atoms with Gasteiger partial charge in [0.05, 0.1) is 6.04 Å². The number of halogens is 3. The first-order chi connectivity index (χ1) is 9.95. The Balaban J connectivity index is 2.00. The van der Waals surface area contributed by atoms with Gasteiger partial charge in [-0.05, 0) is 48.9 Å². The predicted octanol–water partition coefficient (Wildman–Crippen LogP) is 5.64. The average Bonchev–Trinajstić information content (AvgIpc) is 2.41. The summed E-state index contributed by atoms with van der Waals surface area (Å²) < 4.78 is 0.953. The van der Waals surface area contributed by atoms with E-state index in [0.29, 0.717) is 15.7 Å². The summed E-state index contributed by atoms with van der Waals surface area (Å²) in [6.07, 6.45) is 0. The summed E-state index contributed by atoms with van der Waals surface area (Å²) in [6, 6.07) is 12.0. The molecule has 2 rings (SSSR count). The van der Waals surface area contributed by atoms with Crippen molar-refractivity contribution in [2.75, 3.05) is 5.32 Å². The fraction of sp³-hybridized carbons (Fsp3) is 0.133. The summed E-state index contributed by atoms with van der Waals surface area (Å²) in [5.74, 6) is 0. The minimum absolute atomic E-state index is 0.231. The molecule has 0 saturated heterocycles. The van der Waals surface area contributed by atoms with E-state index in [4.69, 9.17) is 23.2 Å². The SMILES string of the molecule is C[C@H](NC(=O)Nc1ccc(Br)cc1)c1ccc(Cl)cc1Cl. The molecule has 21 heavy (non-hydrogen) atoms. The molecule has 2 aromatic carbocycles. The van der Waals surface area contributed by atoms with Gasteiger partial charge in [-0.15, -0.1) is 0 Å². The third-order valence-electron chi connectivity index (χ3n) is 2.88. The van der Waals surface area contributed by atoms with Crippen LogP contribution < -0.4 is 10.6 Å². The highest BCUT2D eigenvalue weighted by molar-refractivity contribution is 9.10. The Morgan fingerprint density at radius 3 is 2.43 bits per heavy atom. The number of anilines is 1. The number of hydrogen-bond donors (Lipinski definition) is 2. The molecular weight excluding hydrogens is 375 g/mol. The van der Waals surface area contributed by atoms with Gasteiger partial charge in [-0.2, -0.15) is 0 Å². The Hall–Kier alpha value is -1.23. The molecule has 0 aliphatic rings. The molecule has 0 radical (unpaired) electrons. The predicted molar refractivity (Wildman–Crippen MR) is 91.2 cm³/mol. The van der Waals surface area contributed by atoms with Crippen LogP contribution in [0.15, 0.2) is 46.9 Å². The number of amides is 2. The van der Waals surface area contributed by atoms with Gasteiger partial charge in [-0.25, -0.2) is 4.79 Å². The number of urea groups is 1. The van der Waals surface area contributed by atoms with Crippen LogP contribution in [0.25, 0.3) is 0 Å². The minimum atomic E-state index is -0.296. The number of carbonyl (C=O) groups excluding carboxylic acids is 1. The molecule has 0 bridgehead atoms. The highest BCUT2D eigenvalue weighted by Gasteiger charge is 2.13. The van der Waals surface area contributed by atoms with Gasteiger partial charge in [0, 0.05) is 20.2 Å². The first-order valence-electron chi connectivity index (χ1n) is 6.24. The second-order valence-electron chi connectivity index (χ2n) is 4.49. The van der Waals surface area contributed by atoms with Gasteiger partial charge in [-0.3, -0.25) is 0 Å². The molecule has 0 unspecified atom stereocenters. The smallest absolute Gasteiger partial charge is 0.319 e. The molecule has 3 nitrogen and oxygen atoms in total. The monoisotopic (exact) mass is 386 g/mol. The van der Waals surface area contributed by atoms with Crippen LogP contribution in [0.5, 0.6) is 0 Å². The van der Waals surface area contributed by atoms with Gasteiger partial charge >= 0.3 is 6.03 Å². The van der Waals surface area contributed by atoms with Crippen LogP contribution in [0.2, 0.25) is 10.0 Å². The zero-order valence-corrected chi connectivity index (χ0v) is 14.3. The van der Waals surface area contributed by atoms with E-state index in [1.807, 2.05) is 31.2 Å². The summed E-state index contributed by atoms with van der Waals surface area (Å²) in [4.78, 5) is 12.0. The Kier molecular flexibility index (Phi) is 5.51. The van der Waals surface area contributed by atoms with Crippen LogP contribution in [0, 0.1) is 0 Å². The van der Waals surface area contributed by atoms with Crippen LogP contribution in [0.4, 0.5) is 10.5 Å². The molecule has 110 valence electrons. The van der Waals surface area contributed by atoms with Crippen LogP contribution in [0.1, 0.15) is 18.5 Å². The van der Waals surface area contributed by atoms with Crippen LogP contribution in [0.3, 0.4) is 0 Å². The van der Waals surface area contributed by atoms with E-state index in [9.17, 15) is 4.79 Å². The highest BCUT2D eigenvalue weighted by Crippen LogP contribution is 2.26. The normalized spacial score (nSPS) is 11.8. The molecule has 0 aromatic heterocycles. The van der Waals surface area contributed by atoms with Crippen molar-refractivity contribution in [3.05, 3.63) is 62.5 Å². The maximum Gasteiger partial charge on any atom is 0.319 e. The van der Waals surface area contributed by atoms with Crippen molar-refractivity contribution in [2.45, 2.75) is 13.0 Å². The fourth-order valence-electron chi connectivity index (χ4n) is 1.83. The Morgan fingerprint density at radius 2 is 1.81 bits per heavy atom.